The molecule has 1 aromatic rings. The minimum atomic E-state index is -0.406. The number of nitrogens with one attached hydrogen (secondary N) is 1. The summed E-state index contributed by atoms with van der Waals surface area (Å²) in [5.41, 5.74) is 0.445. The highest BCUT2D eigenvalue weighted by Crippen LogP contribution is 2.20. The summed E-state index contributed by atoms with van der Waals surface area (Å²) < 4.78 is 13.0. The average molecular weight is 252 g/mol. The Morgan fingerprint density at radius 1 is 1.61 bits per heavy atom. The van der Waals surface area contributed by atoms with E-state index in [9.17, 15) is 14.3 Å². The van der Waals surface area contributed by atoms with Crippen LogP contribution in [0.25, 0.3) is 0 Å². The Hall–Kier alpha value is -1.62. The minimum Gasteiger partial charge on any atom is -0.393 e. The summed E-state index contributed by atoms with van der Waals surface area (Å²) in [6.07, 6.45) is 0.394. The van der Waals surface area contributed by atoms with Crippen molar-refractivity contribution in [3.8, 4) is 0 Å². The molecule has 4 nitrogen and oxygen atoms in total. The van der Waals surface area contributed by atoms with Gasteiger partial charge in [0.05, 0.1) is 6.10 Å². The molecule has 2 amide bonds. The van der Waals surface area contributed by atoms with E-state index in [1.807, 2.05) is 0 Å². The Labute approximate surface area is 105 Å². The van der Waals surface area contributed by atoms with Gasteiger partial charge in [-0.2, -0.15) is 0 Å². The normalized spacial score (nSPS) is 20.8. The zero-order valence-corrected chi connectivity index (χ0v) is 10.3. The van der Waals surface area contributed by atoms with E-state index in [4.69, 9.17) is 0 Å². The predicted molar refractivity (Wildman–Crippen MR) is 66.8 cm³/mol. The second kappa shape index (κ2) is 5.35. The number of carbonyl (C=O) groups is 1. The van der Waals surface area contributed by atoms with Crippen molar-refractivity contribution in [2.75, 3.05) is 18.4 Å². The smallest absolute Gasteiger partial charge is 0.321 e. The maximum absolute atomic E-state index is 13.0. The number of aliphatic hydroxyl groups excluding tert-OH is 1. The van der Waals surface area contributed by atoms with E-state index in [1.54, 1.807) is 24.0 Å². The van der Waals surface area contributed by atoms with Gasteiger partial charge < -0.3 is 15.3 Å². The molecule has 2 rings (SSSR count). The van der Waals surface area contributed by atoms with E-state index in [1.165, 1.54) is 12.1 Å². The summed E-state index contributed by atoms with van der Waals surface area (Å²) in [5, 5.41) is 12.1. The molecule has 1 aromatic carbocycles. The molecule has 0 spiro atoms. The quantitative estimate of drug-likeness (QED) is 0.846. The van der Waals surface area contributed by atoms with Gasteiger partial charge in [-0.05, 0) is 31.5 Å². The molecule has 2 unspecified atom stereocenters. The van der Waals surface area contributed by atoms with Gasteiger partial charge in [-0.3, -0.25) is 0 Å². The van der Waals surface area contributed by atoms with Crippen LogP contribution in [0.5, 0.6) is 0 Å². The Balaban J connectivity index is 1.93. The highest BCUT2D eigenvalue weighted by Gasteiger charge is 2.28. The number of anilines is 1. The van der Waals surface area contributed by atoms with Crippen LogP contribution in [0, 0.1) is 11.7 Å². The van der Waals surface area contributed by atoms with Gasteiger partial charge in [0.1, 0.15) is 5.82 Å². The highest BCUT2D eigenvalue weighted by molar-refractivity contribution is 5.89. The lowest BCUT2D eigenvalue weighted by Crippen LogP contribution is -2.34. The predicted octanol–water partition coefficient (Wildman–Crippen LogP) is 2.06. The number of urea groups is 1. The number of aliphatic hydroxyl groups is 1. The monoisotopic (exact) mass is 252 g/mol. The number of rotatable bonds is 2. The summed E-state index contributed by atoms with van der Waals surface area (Å²) >= 11 is 0. The molecule has 18 heavy (non-hydrogen) atoms. The Morgan fingerprint density at radius 2 is 2.39 bits per heavy atom. The van der Waals surface area contributed by atoms with E-state index >= 15 is 0 Å². The lowest BCUT2D eigenvalue weighted by molar-refractivity contribution is 0.130. The van der Waals surface area contributed by atoms with Crippen LogP contribution in [0.15, 0.2) is 24.3 Å². The van der Waals surface area contributed by atoms with Crippen LogP contribution in [0.1, 0.15) is 13.3 Å². The van der Waals surface area contributed by atoms with Gasteiger partial charge in [0.15, 0.2) is 0 Å². The van der Waals surface area contributed by atoms with Crippen LogP contribution in [0.3, 0.4) is 0 Å². The molecule has 98 valence electrons. The van der Waals surface area contributed by atoms with E-state index in [0.717, 1.165) is 6.42 Å². The first kappa shape index (κ1) is 12.8. The van der Waals surface area contributed by atoms with Crippen molar-refractivity contribution in [2.24, 2.45) is 5.92 Å². The molecule has 1 aliphatic rings. The number of halogens is 1. The second-order valence-electron chi connectivity index (χ2n) is 4.68. The first-order valence-electron chi connectivity index (χ1n) is 6.06. The fourth-order valence-electron chi connectivity index (χ4n) is 2.13. The van der Waals surface area contributed by atoms with Crippen LogP contribution >= 0.6 is 0 Å². The van der Waals surface area contributed by atoms with Crippen molar-refractivity contribution >= 4 is 11.7 Å². The van der Waals surface area contributed by atoms with Crippen molar-refractivity contribution in [3.05, 3.63) is 30.1 Å². The third-order valence-electron chi connectivity index (χ3n) is 3.27. The van der Waals surface area contributed by atoms with E-state index < -0.39 is 6.10 Å². The number of carbonyl (C=O) groups excluding carboxylic acids is 1. The molecule has 0 bridgehead atoms. The summed E-state index contributed by atoms with van der Waals surface area (Å²) in [4.78, 5) is 13.5. The van der Waals surface area contributed by atoms with Crippen LogP contribution < -0.4 is 5.32 Å². The van der Waals surface area contributed by atoms with Crippen molar-refractivity contribution in [1.29, 1.82) is 0 Å². The Kier molecular flexibility index (Phi) is 3.81. The molecule has 1 heterocycles. The molecule has 0 aromatic heterocycles. The lowest BCUT2D eigenvalue weighted by atomic mass is 10.0. The molecule has 2 atom stereocenters. The zero-order chi connectivity index (χ0) is 13.1. The van der Waals surface area contributed by atoms with Crippen molar-refractivity contribution in [3.63, 3.8) is 0 Å². The highest BCUT2D eigenvalue weighted by atomic mass is 19.1. The molecule has 1 aliphatic heterocycles. The maximum Gasteiger partial charge on any atom is 0.321 e. The van der Waals surface area contributed by atoms with Crippen LogP contribution in [-0.2, 0) is 0 Å². The minimum absolute atomic E-state index is 0.128. The van der Waals surface area contributed by atoms with Crippen molar-refractivity contribution < 1.29 is 14.3 Å². The third-order valence-corrected chi connectivity index (χ3v) is 3.27. The van der Waals surface area contributed by atoms with Crippen molar-refractivity contribution in [2.45, 2.75) is 19.4 Å². The molecular weight excluding hydrogens is 235 g/mol. The third kappa shape index (κ3) is 2.98. The zero-order valence-electron chi connectivity index (χ0n) is 10.3. The topological polar surface area (TPSA) is 52.6 Å². The lowest BCUT2D eigenvalue weighted by Gasteiger charge is -2.18. The molecule has 5 heteroatoms. The van der Waals surface area contributed by atoms with Crippen LogP contribution in [0.4, 0.5) is 14.9 Å². The van der Waals surface area contributed by atoms with Gasteiger partial charge in [0.25, 0.3) is 0 Å². The fraction of sp³-hybridized carbons (Fsp3) is 0.462. The second-order valence-corrected chi connectivity index (χ2v) is 4.68. The molecule has 2 N–H and O–H groups in total. The van der Waals surface area contributed by atoms with Crippen molar-refractivity contribution in [1.82, 2.24) is 4.90 Å². The van der Waals surface area contributed by atoms with E-state index in [2.05, 4.69) is 5.32 Å². The SMILES string of the molecule is CC(O)C1CCN(C(=O)Nc2cccc(F)c2)C1. The number of nitrogens with zero attached hydrogens (tertiary/aromatic N) is 1. The average Bonchev–Trinajstić information content (AvgIpc) is 2.78. The van der Waals surface area contributed by atoms with Gasteiger partial charge in [-0.25, -0.2) is 9.18 Å². The van der Waals surface area contributed by atoms with Gasteiger partial charge in [-0.15, -0.1) is 0 Å². The van der Waals surface area contributed by atoms with E-state index in [0.29, 0.717) is 18.8 Å². The Morgan fingerprint density at radius 3 is 3.00 bits per heavy atom. The van der Waals surface area contributed by atoms with Gasteiger partial charge in [-0.1, -0.05) is 6.07 Å². The first-order chi connectivity index (χ1) is 8.56. The maximum atomic E-state index is 13.0. The molecular formula is C13H17FN2O2. The Bertz CT molecular complexity index is 437. The van der Waals surface area contributed by atoms with Crippen LogP contribution in [-0.4, -0.2) is 35.2 Å². The number of hydrogen-bond donors (Lipinski definition) is 2. The molecule has 0 saturated carbocycles. The van der Waals surface area contributed by atoms with Gasteiger partial charge in [0, 0.05) is 24.7 Å². The fourth-order valence-corrected chi connectivity index (χ4v) is 2.13. The summed E-state index contributed by atoms with van der Waals surface area (Å²) in [7, 11) is 0. The number of amides is 2. The molecule has 1 fully saturated rings. The summed E-state index contributed by atoms with van der Waals surface area (Å²) in [6, 6.07) is 5.55. The van der Waals surface area contributed by atoms with Gasteiger partial charge in [0.2, 0.25) is 0 Å². The summed E-state index contributed by atoms with van der Waals surface area (Å²) in [6.45, 7) is 2.90. The molecule has 0 aliphatic carbocycles. The largest absolute Gasteiger partial charge is 0.393 e. The van der Waals surface area contributed by atoms with E-state index in [-0.39, 0.29) is 17.8 Å². The number of benzene rings is 1. The first-order valence-corrected chi connectivity index (χ1v) is 6.06. The van der Waals surface area contributed by atoms with Gasteiger partial charge >= 0.3 is 6.03 Å². The standard InChI is InChI=1S/C13H17FN2O2/c1-9(17)10-5-6-16(8-10)13(18)15-12-4-2-3-11(14)7-12/h2-4,7,9-10,17H,5-6,8H2,1H3,(H,15,18). The number of hydrogen-bond acceptors (Lipinski definition) is 2. The summed E-state index contributed by atoms with van der Waals surface area (Å²) in [5.74, 6) is -0.251. The number of likely N-dealkylation sites (tertiary alicyclic amines) is 1. The molecule has 1 saturated heterocycles. The molecule has 0 radical (unpaired) electrons. The van der Waals surface area contributed by atoms with Crippen LogP contribution in [0.2, 0.25) is 0 Å².